The Labute approximate surface area is 163 Å². The molecule has 0 aliphatic rings. The van der Waals surface area contributed by atoms with Crippen molar-refractivity contribution in [2.45, 2.75) is 25.7 Å². The van der Waals surface area contributed by atoms with Crippen LogP contribution >= 0.6 is 0 Å². The Balaban J connectivity index is 1.18. The molecule has 6 nitrogen and oxygen atoms in total. The molecule has 28 heavy (non-hydrogen) atoms. The summed E-state index contributed by atoms with van der Waals surface area (Å²) in [4.78, 5) is 20.0. The van der Waals surface area contributed by atoms with Gasteiger partial charge < -0.3 is 10.3 Å². The third-order valence-electron chi connectivity index (χ3n) is 4.65. The van der Waals surface area contributed by atoms with E-state index in [1.165, 1.54) is 0 Å². The lowest BCUT2D eigenvalue weighted by atomic mass is 10.2. The first-order valence-corrected chi connectivity index (χ1v) is 9.57. The molecule has 0 atom stereocenters. The van der Waals surface area contributed by atoms with Crippen LogP contribution in [0.4, 0.5) is 0 Å². The molecule has 142 valence electrons. The largest absolute Gasteiger partial charge is 0.356 e. The lowest BCUT2D eigenvalue weighted by molar-refractivity contribution is -0.121. The number of imidazole rings is 1. The minimum absolute atomic E-state index is 0.0667. The summed E-state index contributed by atoms with van der Waals surface area (Å²) in [6.45, 7) is 0.652. The van der Waals surface area contributed by atoms with Crippen molar-refractivity contribution in [3.05, 3.63) is 78.4 Å². The average Bonchev–Trinajstić information content (AvgIpc) is 3.37. The third kappa shape index (κ3) is 4.46. The van der Waals surface area contributed by atoms with Crippen LogP contribution in [0.1, 0.15) is 24.2 Å². The van der Waals surface area contributed by atoms with Crippen molar-refractivity contribution in [3.63, 3.8) is 0 Å². The van der Waals surface area contributed by atoms with Crippen molar-refractivity contribution in [2.75, 3.05) is 6.54 Å². The van der Waals surface area contributed by atoms with Gasteiger partial charge in [-0.3, -0.25) is 4.79 Å². The Kier molecular flexibility index (Phi) is 5.47. The number of nitrogens with zero attached hydrogens (tertiary/aromatic N) is 3. The molecule has 0 bridgehead atoms. The van der Waals surface area contributed by atoms with Crippen LogP contribution in [0.3, 0.4) is 0 Å². The molecule has 2 heterocycles. The van der Waals surface area contributed by atoms with Gasteiger partial charge in [-0.05, 0) is 42.7 Å². The average molecular weight is 373 g/mol. The second-order valence-electron chi connectivity index (χ2n) is 6.78. The van der Waals surface area contributed by atoms with Crippen molar-refractivity contribution < 1.29 is 4.79 Å². The van der Waals surface area contributed by atoms with Crippen LogP contribution in [-0.4, -0.2) is 32.2 Å². The molecule has 0 aliphatic heterocycles. The zero-order valence-corrected chi connectivity index (χ0v) is 15.6. The molecule has 4 aromatic rings. The number of para-hydroxylation sites is 3. The number of rotatable bonds is 8. The third-order valence-corrected chi connectivity index (χ3v) is 4.65. The predicted molar refractivity (Wildman–Crippen MR) is 109 cm³/mol. The molecule has 0 unspecified atom stereocenters. The number of hydrogen-bond acceptors (Lipinski definition) is 3. The number of carbonyl (C=O) groups excluding carboxylic acids is 1. The molecular formula is C22H23N5O. The zero-order chi connectivity index (χ0) is 19.2. The van der Waals surface area contributed by atoms with E-state index in [2.05, 4.69) is 20.4 Å². The first-order valence-electron chi connectivity index (χ1n) is 9.57. The fourth-order valence-electron chi connectivity index (χ4n) is 3.17. The van der Waals surface area contributed by atoms with E-state index >= 15 is 0 Å². The quantitative estimate of drug-likeness (QED) is 0.465. The molecule has 2 N–H and O–H groups in total. The molecule has 2 aromatic heterocycles. The molecule has 6 heteroatoms. The van der Waals surface area contributed by atoms with Gasteiger partial charge in [0.25, 0.3) is 0 Å². The predicted octanol–water partition coefficient (Wildman–Crippen LogP) is 3.43. The highest BCUT2D eigenvalue weighted by molar-refractivity contribution is 5.76. The number of carbonyl (C=O) groups is 1. The van der Waals surface area contributed by atoms with Crippen molar-refractivity contribution in [1.82, 2.24) is 25.1 Å². The van der Waals surface area contributed by atoms with Gasteiger partial charge in [0.15, 0.2) is 0 Å². The maximum Gasteiger partial charge on any atom is 0.220 e. The van der Waals surface area contributed by atoms with Crippen molar-refractivity contribution in [2.24, 2.45) is 0 Å². The Morgan fingerprint density at radius 1 is 1.04 bits per heavy atom. The molecule has 1 amide bonds. The zero-order valence-electron chi connectivity index (χ0n) is 15.6. The fourth-order valence-corrected chi connectivity index (χ4v) is 3.17. The summed E-state index contributed by atoms with van der Waals surface area (Å²) >= 11 is 0. The number of aromatic amines is 1. The molecule has 0 fully saturated rings. The molecule has 0 saturated heterocycles. The van der Waals surface area contributed by atoms with Crippen LogP contribution in [0.25, 0.3) is 16.7 Å². The van der Waals surface area contributed by atoms with Gasteiger partial charge in [-0.1, -0.05) is 30.3 Å². The van der Waals surface area contributed by atoms with Gasteiger partial charge in [0, 0.05) is 25.6 Å². The number of nitrogens with one attached hydrogen (secondary N) is 2. The second-order valence-corrected chi connectivity index (χ2v) is 6.78. The summed E-state index contributed by atoms with van der Waals surface area (Å²) < 4.78 is 1.83. The van der Waals surface area contributed by atoms with Gasteiger partial charge in [0.05, 0.1) is 22.9 Å². The molecule has 0 saturated carbocycles. The maximum absolute atomic E-state index is 12.1. The van der Waals surface area contributed by atoms with Crippen LogP contribution in [0, 0.1) is 0 Å². The lowest BCUT2D eigenvalue weighted by Gasteiger charge is -2.04. The van der Waals surface area contributed by atoms with Crippen molar-refractivity contribution in [3.8, 4) is 5.69 Å². The number of H-pyrrole nitrogens is 1. The number of benzene rings is 2. The van der Waals surface area contributed by atoms with Crippen molar-refractivity contribution >= 4 is 16.9 Å². The molecule has 4 rings (SSSR count). The summed E-state index contributed by atoms with van der Waals surface area (Å²) in [6, 6.07) is 17.9. The van der Waals surface area contributed by atoms with E-state index in [0.29, 0.717) is 19.4 Å². The monoisotopic (exact) mass is 373 g/mol. The molecule has 0 spiro atoms. The molecule has 2 aromatic carbocycles. The summed E-state index contributed by atoms with van der Waals surface area (Å²) in [5.74, 6) is 1.03. The second kappa shape index (κ2) is 8.52. The Morgan fingerprint density at radius 3 is 2.71 bits per heavy atom. The van der Waals surface area contributed by atoms with E-state index in [1.54, 1.807) is 0 Å². The van der Waals surface area contributed by atoms with Gasteiger partial charge in [0.1, 0.15) is 5.82 Å². The summed E-state index contributed by atoms with van der Waals surface area (Å²) in [6.07, 6.45) is 6.62. The minimum Gasteiger partial charge on any atom is -0.356 e. The van der Waals surface area contributed by atoms with Gasteiger partial charge in [-0.15, -0.1) is 0 Å². The van der Waals surface area contributed by atoms with Crippen LogP contribution in [0.2, 0.25) is 0 Å². The smallest absolute Gasteiger partial charge is 0.220 e. The van der Waals surface area contributed by atoms with E-state index in [0.717, 1.165) is 41.0 Å². The number of hydrogen-bond donors (Lipinski definition) is 2. The van der Waals surface area contributed by atoms with Gasteiger partial charge in [-0.2, -0.15) is 5.10 Å². The van der Waals surface area contributed by atoms with E-state index in [4.69, 9.17) is 0 Å². The topological polar surface area (TPSA) is 75.6 Å². The molecule has 0 radical (unpaired) electrons. The number of amides is 1. The van der Waals surface area contributed by atoms with E-state index in [-0.39, 0.29) is 5.91 Å². The van der Waals surface area contributed by atoms with Gasteiger partial charge in [-0.25, -0.2) is 9.67 Å². The minimum atomic E-state index is 0.0667. The van der Waals surface area contributed by atoms with Crippen LogP contribution < -0.4 is 5.32 Å². The maximum atomic E-state index is 12.1. The standard InChI is InChI=1S/C22H23N5O/c28-22(13-12-17-15-24-27(16-17)18-7-2-1-3-8-18)23-14-6-11-21-25-19-9-4-5-10-20(19)26-21/h1-5,7-10,15-16H,6,11-14H2,(H,23,28)(H,25,26). The van der Waals surface area contributed by atoms with Gasteiger partial charge >= 0.3 is 0 Å². The fraction of sp³-hybridized carbons (Fsp3) is 0.227. The van der Waals surface area contributed by atoms with Crippen LogP contribution in [0.15, 0.2) is 67.0 Å². The summed E-state index contributed by atoms with van der Waals surface area (Å²) in [5, 5.41) is 7.35. The normalized spacial score (nSPS) is 11.0. The van der Waals surface area contributed by atoms with Crippen LogP contribution in [0.5, 0.6) is 0 Å². The first kappa shape index (κ1) is 18.0. The number of fused-ring (bicyclic) bond motifs is 1. The molecule has 0 aliphatic carbocycles. The highest BCUT2D eigenvalue weighted by Gasteiger charge is 2.06. The SMILES string of the molecule is O=C(CCc1cnn(-c2ccccc2)c1)NCCCc1nc2ccccc2[nH]1. The summed E-state index contributed by atoms with van der Waals surface area (Å²) in [7, 11) is 0. The molecular weight excluding hydrogens is 350 g/mol. The van der Waals surface area contributed by atoms with E-state index in [9.17, 15) is 4.79 Å². The van der Waals surface area contributed by atoms with Gasteiger partial charge in [0.2, 0.25) is 5.91 Å². The van der Waals surface area contributed by atoms with E-state index < -0.39 is 0 Å². The van der Waals surface area contributed by atoms with E-state index in [1.807, 2.05) is 71.7 Å². The summed E-state index contributed by atoms with van der Waals surface area (Å²) in [5.41, 5.74) is 4.11. The number of aryl methyl sites for hydroxylation is 2. The first-order chi connectivity index (χ1) is 13.8. The number of aromatic nitrogens is 4. The lowest BCUT2D eigenvalue weighted by Crippen LogP contribution is -2.25. The highest BCUT2D eigenvalue weighted by atomic mass is 16.1. The van der Waals surface area contributed by atoms with Crippen molar-refractivity contribution in [1.29, 1.82) is 0 Å². The van der Waals surface area contributed by atoms with Crippen LogP contribution in [-0.2, 0) is 17.6 Å². The Morgan fingerprint density at radius 2 is 1.86 bits per heavy atom. The Bertz CT molecular complexity index is 1020. The Hall–Kier alpha value is -3.41. The highest BCUT2D eigenvalue weighted by Crippen LogP contribution is 2.11.